The summed E-state index contributed by atoms with van der Waals surface area (Å²) in [4.78, 5) is 13.4. The van der Waals surface area contributed by atoms with Crippen LogP contribution in [0.1, 0.15) is 18.4 Å². The Kier molecular flexibility index (Phi) is 4.54. The number of aliphatic carboxylic acids is 1. The number of piperidine rings is 1. The van der Waals surface area contributed by atoms with E-state index in [0.29, 0.717) is 6.54 Å². The van der Waals surface area contributed by atoms with Gasteiger partial charge < -0.3 is 5.11 Å². The van der Waals surface area contributed by atoms with Crippen molar-refractivity contribution in [3.05, 3.63) is 60.2 Å². The Bertz CT molecular complexity index is 622. The molecule has 0 spiro atoms. The molecule has 1 unspecified atom stereocenters. The Hall–Kier alpha value is -2.13. The van der Waals surface area contributed by atoms with Crippen LogP contribution in [-0.2, 0) is 11.3 Å². The van der Waals surface area contributed by atoms with Crippen molar-refractivity contribution in [2.24, 2.45) is 5.92 Å². The van der Waals surface area contributed by atoms with Gasteiger partial charge in [0, 0.05) is 13.1 Å². The summed E-state index contributed by atoms with van der Waals surface area (Å²) in [5.41, 5.74) is 3.68. The molecule has 1 fully saturated rings. The lowest BCUT2D eigenvalue weighted by Gasteiger charge is -2.30. The molecule has 1 aliphatic rings. The van der Waals surface area contributed by atoms with Gasteiger partial charge in [-0.25, -0.2) is 0 Å². The van der Waals surface area contributed by atoms with Crippen LogP contribution in [-0.4, -0.2) is 29.1 Å². The molecule has 0 aliphatic carbocycles. The third kappa shape index (κ3) is 3.55. The Morgan fingerprint density at radius 2 is 1.73 bits per heavy atom. The fourth-order valence-electron chi connectivity index (χ4n) is 3.09. The van der Waals surface area contributed by atoms with Crippen LogP contribution < -0.4 is 0 Å². The van der Waals surface area contributed by atoms with Gasteiger partial charge in [-0.1, -0.05) is 54.6 Å². The molecule has 1 atom stereocenters. The average molecular weight is 295 g/mol. The van der Waals surface area contributed by atoms with Gasteiger partial charge >= 0.3 is 5.97 Å². The Labute approximate surface area is 131 Å². The van der Waals surface area contributed by atoms with Gasteiger partial charge in [-0.3, -0.25) is 9.69 Å². The molecule has 0 aromatic heterocycles. The van der Waals surface area contributed by atoms with Gasteiger partial charge in [-0.15, -0.1) is 0 Å². The molecular weight excluding hydrogens is 274 g/mol. The van der Waals surface area contributed by atoms with Crippen LogP contribution in [0, 0.1) is 5.92 Å². The van der Waals surface area contributed by atoms with E-state index in [0.717, 1.165) is 25.9 Å². The van der Waals surface area contributed by atoms with Crippen LogP contribution in [0.2, 0.25) is 0 Å². The van der Waals surface area contributed by atoms with E-state index in [1.54, 1.807) is 0 Å². The van der Waals surface area contributed by atoms with Crippen molar-refractivity contribution in [1.29, 1.82) is 0 Å². The second-order valence-corrected chi connectivity index (χ2v) is 5.98. The van der Waals surface area contributed by atoms with Gasteiger partial charge in [0.2, 0.25) is 0 Å². The van der Waals surface area contributed by atoms with Gasteiger partial charge in [0.25, 0.3) is 0 Å². The molecule has 1 aliphatic heterocycles. The van der Waals surface area contributed by atoms with Crippen molar-refractivity contribution in [3.8, 4) is 11.1 Å². The maximum atomic E-state index is 11.1. The first-order valence-electron chi connectivity index (χ1n) is 7.82. The minimum absolute atomic E-state index is 0.211. The normalized spacial score (nSPS) is 19.0. The molecule has 3 heteroatoms. The van der Waals surface area contributed by atoms with Crippen LogP contribution >= 0.6 is 0 Å². The minimum Gasteiger partial charge on any atom is -0.481 e. The number of benzene rings is 2. The summed E-state index contributed by atoms with van der Waals surface area (Å²) in [5.74, 6) is -0.874. The lowest BCUT2D eigenvalue weighted by Crippen LogP contribution is -2.38. The molecule has 2 aromatic rings. The van der Waals surface area contributed by atoms with Gasteiger partial charge in [0.05, 0.1) is 5.92 Å². The molecule has 1 N–H and O–H groups in total. The van der Waals surface area contributed by atoms with Crippen molar-refractivity contribution in [3.63, 3.8) is 0 Å². The third-order valence-corrected chi connectivity index (χ3v) is 4.32. The van der Waals surface area contributed by atoms with Gasteiger partial charge in [-0.05, 0) is 36.1 Å². The molecule has 114 valence electrons. The first-order valence-corrected chi connectivity index (χ1v) is 7.82. The zero-order valence-corrected chi connectivity index (χ0v) is 12.6. The van der Waals surface area contributed by atoms with E-state index in [9.17, 15) is 4.79 Å². The molecule has 1 heterocycles. The number of hydrogen-bond donors (Lipinski definition) is 1. The summed E-state index contributed by atoms with van der Waals surface area (Å²) in [7, 11) is 0. The summed E-state index contributed by atoms with van der Waals surface area (Å²) in [6.45, 7) is 2.48. The highest BCUT2D eigenvalue weighted by Crippen LogP contribution is 2.22. The fourth-order valence-corrected chi connectivity index (χ4v) is 3.09. The number of nitrogens with zero attached hydrogens (tertiary/aromatic N) is 1. The van der Waals surface area contributed by atoms with Crippen molar-refractivity contribution < 1.29 is 9.90 Å². The highest BCUT2D eigenvalue weighted by Gasteiger charge is 2.25. The summed E-state index contributed by atoms with van der Waals surface area (Å²) in [5, 5.41) is 9.16. The first kappa shape index (κ1) is 14.8. The summed E-state index contributed by atoms with van der Waals surface area (Å²) in [6, 6.07) is 18.9. The van der Waals surface area contributed by atoms with Gasteiger partial charge in [-0.2, -0.15) is 0 Å². The van der Waals surface area contributed by atoms with E-state index < -0.39 is 5.97 Å². The van der Waals surface area contributed by atoms with Crippen LogP contribution in [0.15, 0.2) is 54.6 Å². The molecule has 0 bridgehead atoms. The lowest BCUT2D eigenvalue weighted by atomic mass is 9.97. The molecule has 3 rings (SSSR count). The highest BCUT2D eigenvalue weighted by atomic mass is 16.4. The molecule has 1 saturated heterocycles. The first-order chi connectivity index (χ1) is 10.7. The van der Waals surface area contributed by atoms with Crippen molar-refractivity contribution >= 4 is 5.97 Å². The van der Waals surface area contributed by atoms with E-state index in [1.165, 1.54) is 16.7 Å². The largest absolute Gasteiger partial charge is 0.481 e. The Balaban J connectivity index is 1.65. The number of carboxylic acid groups (broad SMARTS) is 1. The molecular formula is C19H21NO2. The maximum Gasteiger partial charge on any atom is 0.307 e. The molecule has 2 aromatic carbocycles. The van der Waals surface area contributed by atoms with Crippen LogP contribution in [0.5, 0.6) is 0 Å². The second-order valence-electron chi connectivity index (χ2n) is 5.98. The fraction of sp³-hybridized carbons (Fsp3) is 0.316. The predicted octanol–water partition coefficient (Wildman–Crippen LogP) is 3.65. The Morgan fingerprint density at radius 3 is 2.41 bits per heavy atom. The zero-order chi connectivity index (χ0) is 15.4. The number of rotatable bonds is 4. The van der Waals surface area contributed by atoms with Gasteiger partial charge in [0.1, 0.15) is 0 Å². The zero-order valence-electron chi connectivity index (χ0n) is 12.6. The van der Waals surface area contributed by atoms with E-state index in [-0.39, 0.29) is 5.92 Å². The van der Waals surface area contributed by atoms with Crippen LogP contribution in [0.3, 0.4) is 0 Å². The SMILES string of the molecule is O=C(O)C1CCCN(Cc2ccc(-c3ccccc3)cc2)C1. The van der Waals surface area contributed by atoms with E-state index in [4.69, 9.17) is 5.11 Å². The second kappa shape index (κ2) is 6.75. The monoisotopic (exact) mass is 295 g/mol. The summed E-state index contributed by atoms with van der Waals surface area (Å²) < 4.78 is 0. The Morgan fingerprint density at radius 1 is 1.05 bits per heavy atom. The molecule has 22 heavy (non-hydrogen) atoms. The molecule has 0 radical (unpaired) electrons. The number of hydrogen-bond acceptors (Lipinski definition) is 2. The average Bonchev–Trinajstić information content (AvgIpc) is 2.56. The summed E-state index contributed by atoms with van der Waals surface area (Å²) in [6.07, 6.45) is 1.78. The highest BCUT2D eigenvalue weighted by molar-refractivity contribution is 5.70. The number of carbonyl (C=O) groups is 1. The molecule has 0 amide bonds. The molecule has 0 saturated carbocycles. The lowest BCUT2D eigenvalue weighted by molar-refractivity contribution is -0.143. The standard InChI is InChI=1S/C19H21NO2/c21-19(22)18-7-4-12-20(14-18)13-15-8-10-17(11-9-15)16-5-2-1-3-6-16/h1-3,5-6,8-11,18H,4,7,12-14H2,(H,21,22). The quantitative estimate of drug-likeness (QED) is 0.936. The topological polar surface area (TPSA) is 40.5 Å². The predicted molar refractivity (Wildman–Crippen MR) is 87.5 cm³/mol. The smallest absolute Gasteiger partial charge is 0.307 e. The van der Waals surface area contributed by atoms with Crippen molar-refractivity contribution in [2.45, 2.75) is 19.4 Å². The van der Waals surface area contributed by atoms with E-state index in [2.05, 4.69) is 41.3 Å². The third-order valence-electron chi connectivity index (χ3n) is 4.32. The van der Waals surface area contributed by atoms with Gasteiger partial charge in [0.15, 0.2) is 0 Å². The van der Waals surface area contributed by atoms with Crippen LogP contribution in [0.25, 0.3) is 11.1 Å². The minimum atomic E-state index is -0.663. The van der Waals surface area contributed by atoms with E-state index in [1.807, 2.05) is 18.2 Å². The van der Waals surface area contributed by atoms with Crippen molar-refractivity contribution in [1.82, 2.24) is 4.90 Å². The maximum absolute atomic E-state index is 11.1. The number of carboxylic acids is 1. The summed E-state index contributed by atoms with van der Waals surface area (Å²) >= 11 is 0. The molecule has 3 nitrogen and oxygen atoms in total. The van der Waals surface area contributed by atoms with Crippen LogP contribution in [0.4, 0.5) is 0 Å². The van der Waals surface area contributed by atoms with Crippen molar-refractivity contribution in [2.75, 3.05) is 13.1 Å². The van der Waals surface area contributed by atoms with E-state index >= 15 is 0 Å². The number of likely N-dealkylation sites (tertiary alicyclic amines) is 1.